The molecular formula is C14H25NO4S. The van der Waals surface area contributed by atoms with Gasteiger partial charge in [0.15, 0.2) is 9.84 Å². The van der Waals surface area contributed by atoms with Crippen molar-refractivity contribution in [3.63, 3.8) is 0 Å². The fourth-order valence-electron chi connectivity index (χ4n) is 3.33. The molecule has 20 heavy (non-hydrogen) atoms. The van der Waals surface area contributed by atoms with Gasteiger partial charge >= 0.3 is 5.97 Å². The minimum atomic E-state index is -2.93. The summed E-state index contributed by atoms with van der Waals surface area (Å²) in [6.07, 6.45) is 3.96. The van der Waals surface area contributed by atoms with E-state index in [9.17, 15) is 18.3 Å². The number of nitrogens with zero attached hydrogens (tertiary/aromatic N) is 1. The maximum absolute atomic E-state index is 11.7. The van der Waals surface area contributed by atoms with E-state index in [4.69, 9.17) is 0 Å². The summed E-state index contributed by atoms with van der Waals surface area (Å²) >= 11 is 0. The number of carboxylic acids is 1. The molecule has 1 saturated heterocycles. The summed E-state index contributed by atoms with van der Waals surface area (Å²) in [4.78, 5) is 13.8. The van der Waals surface area contributed by atoms with E-state index < -0.39 is 21.2 Å². The Bertz CT molecular complexity index is 452. The lowest BCUT2D eigenvalue weighted by molar-refractivity contribution is -0.153. The molecule has 0 amide bonds. The van der Waals surface area contributed by atoms with Crippen LogP contribution in [0.3, 0.4) is 0 Å². The standard InChI is InChI=1S/C14H25NO4S/c1-12-3-5-14(6-4-12,13(16)17)11-15-7-2-9-20(18,19)10-8-15/h12H,2-11H2,1H3,(H,16,17). The quantitative estimate of drug-likeness (QED) is 0.853. The molecule has 2 aliphatic rings. The molecule has 0 atom stereocenters. The SMILES string of the molecule is CC1CCC(CN2CCCS(=O)(=O)CC2)(C(=O)O)CC1. The molecule has 1 aliphatic carbocycles. The first-order valence-corrected chi connectivity index (χ1v) is 9.31. The van der Waals surface area contributed by atoms with Crippen molar-refractivity contribution in [3.05, 3.63) is 0 Å². The zero-order chi connectivity index (χ0) is 14.8. The molecule has 0 radical (unpaired) electrons. The van der Waals surface area contributed by atoms with Crippen molar-refractivity contribution in [1.82, 2.24) is 4.90 Å². The van der Waals surface area contributed by atoms with Crippen LogP contribution in [0, 0.1) is 11.3 Å². The Morgan fingerprint density at radius 2 is 1.90 bits per heavy atom. The number of aliphatic carboxylic acids is 1. The van der Waals surface area contributed by atoms with Crippen molar-refractivity contribution in [2.24, 2.45) is 11.3 Å². The van der Waals surface area contributed by atoms with E-state index in [2.05, 4.69) is 11.8 Å². The Kier molecular flexibility index (Phi) is 4.74. The van der Waals surface area contributed by atoms with E-state index in [1.807, 2.05) is 0 Å². The second kappa shape index (κ2) is 6.02. The van der Waals surface area contributed by atoms with Crippen LogP contribution in [0.2, 0.25) is 0 Å². The van der Waals surface area contributed by atoms with Crippen molar-refractivity contribution < 1.29 is 18.3 Å². The summed E-state index contributed by atoms with van der Waals surface area (Å²) in [6.45, 7) is 3.85. The van der Waals surface area contributed by atoms with Crippen LogP contribution in [0.15, 0.2) is 0 Å². The fraction of sp³-hybridized carbons (Fsp3) is 0.929. The highest BCUT2D eigenvalue weighted by Crippen LogP contribution is 2.40. The molecule has 0 aromatic carbocycles. The molecule has 1 N–H and O–H groups in total. The third kappa shape index (κ3) is 3.73. The number of carbonyl (C=O) groups is 1. The maximum Gasteiger partial charge on any atom is 0.310 e. The first-order chi connectivity index (χ1) is 9.33. The van der Waals surface area contributed by atoms with E-state index in [1.54, 1.807) is 0 Å². The minimum absolute atomic E-state index is 0.166. The van der Waals surface area contributed by atoms with Gasteiger partial charge < -0.3 is 10.0 Å². The summed E-state index contributed by atoms with van der Waals surface area (Å²) in [5.41, 5.74) is -0.666. The Morgan fingerprint density at radius 1 is 1.25 bits per heavy atom. The molecule has 1 aliphatic heterocycles. The van der Waals surface area contributed by atoms with E-state index in [0.717, 1.165) is 12.8 Å². The number of hydrogen-bond donors (Lipinski definition) is 1. The zero-order valence-electron chi connectivity index (χ0n) is 12.2. The van der Waals surface area contributed by atoms with Gasteiger partial charge in [-0.1, -0.05) is 6.92 Å². The Labute approximate surface area is 121 Å². The first-order valence-electron chi connectivity index (χ1n) is 7.49. The van der Waals surface area contributed by atoms with E-state index in [-0.39, 0.29) is 11.5 Å². The molecule has 0 unspecified atom stereocenters. The molecule has 116 valence electrons. The van der Waals surface area contributed by atoms with Crippen molar-refractivity contribution in [1.29, 1.82) is 0 Å². The fourth-order valence-corrected chi connectivity index (χ4v) is 4.64. The van der Waals surface area contributed by atoms with Gasteiger partial charge in [0.2, 0.25) is 0 Å². The molecular weight excluding hydrogens is 278 g/mol. The Morgan fingerprint density at radius 3 is 2.50 bits per heavy atom. The van der Waals surface area contributed by atoms with Crippen LogP contribution in [-0.4, -0.2) is 55.5 Å². The average Bonchev–Trinajstić information content (AvgIpc) is 2.54. The Balaban J connectivity index is 2.03. The summed E-state index contributed by atoms with van der Waals surface area (Å²) in [6, 6.07) is 0. The molecule has 2 rings (SSSR count). The third-order valence-corrected chi connectivity index (χ3v) is 6.57. The van der Waals surface area contributed by atoms with Gasteiger partial charge in [0.1, 0.15) is 0 Å². The molecule has 5 nitrogen and oxygen atoms in total. The molecule has 2 fully saturated rings. The van der Waals surface area contributed by atoms with Crippen LogP contribution in [0.5, 0.6) is 0 Å². The molecule has 1 heterocycles. The van der Waals surface area contributed by atoms with Crippen molar-refractivity contribution in [3.8, 4) is 0 Å². The first kappa shape index (κ1) is 15.8. The van der Waals surface area contributed by atoms with Gasteiger partial charge in [0.25, 0.3) is 0 Å². The minimum Gasteiger partial charge on any atom is -0.481 e. The van der Waals surface area contributed by atoms with Gasteiger partial charge in [-0.05, 0) is 44.6 Å². The van der Waals surface area contributed by atoms with E-state index in [1.165, 1.54) is 0 Å². The van der Waals surface area contributed by atoms with Crippen LogP contribution in [0.1, 0.15) is 39.0 Å². The van der Waals surface area contributed by atoms with Gasteiger partial charge in [-0.3, -0.25) is 4.79 Å². The predicted octanol–water partition coefficient (Wildman–Crippen LogP) is 1.39. The van der Waals surface area contributed by atoms with Crippen molar-refractivity contribution in [2.45, 2.75) is 39.0 Å². The highest BCUT2D eigenvalue weighted by Gasteiger charge is 2.42. The molecule has 1 saturated carbocycles. The second-order valence-corrected chi connectivity index (χ2v) is 8.85. The summed E-state index contributed by atoms with van der Waals surface area (Å²) in [5.74, 6) is 0.295. The number of sulfone groups is 1. The second-order valence-electron chi connectivity index (χ2n) is 6.55. The van der Waals surface area contributed by atoms with Crippen molar-refractivity contribution in [2.75, 3.05) is 31.1 Å². The van der Waals surface area contributed by atoms with Gasteiger partial charge in [0.05, 0.1) is 16.9 Å². The van der Waals surface area contributed by atoms with Gasteiger partial charge in [-0.25, -0.2) is 8.42 Å². The molecule has 0 aromatic rings. The van der Waals surface area contributed by atoms with Crippen LogP contribution in [0.4, 0.5) is 0 Å². The monoisotopic (exact) mass is 303 g/mol. The molecule has 0 aromatic heterocycles. The smallest absolute Gasteiger partial charge is 0.310 e. The van der Waals surface area contributed by atoms with Crippen LogP contribution in [-0.2, 0) is 14.6 Å². The van der Waals surface area contributed by atoms with Gasteiger partial charge in [0, 0.05) is 13.1 Å². The summed E-state index contributed by atoms with van der Waals surface area (Å²) in [5, 5.41) is 9.63. The topological polar surface area (TPSA) is 74.7 Å². The average molecular weight is 303 g/mol. The summed E-state index contributed by atoms with van der Waals surface area (Å²) in [7, 11) is -2.93. The van der Waals surface area contributed by atoms with Gasteiger partial charge in [-0.15, -0.1) is 0 Å². The highest BCUT2D eigenvalue weighted by atomic mass is 32.2. The molecule has 0 bridgehead atoms. The van der Waals surface area contributed by atoms with Gasteiger partial charge in [-0.2, -0.15) is 0 Å². The van der Waals surface area contributed by atoms with E-state index in [0.29, 0.717) is 44.8 Å². The lowest BCUT2D eigenvalue weighted by Crippen LogP contribution is -2.46. The number of carboxylic acid groups (broad SMARTS) is 1. The largest absolute Gasteiger partial charge is 0.481 e. The maximum atomic E-state index is 11.7. The predicted molar refractivity (Wildman–Crippen MR) is 77.4 cm³/mol. The summed E-state index contributed by atoms with van der Waals surface area (Å²) < 4.78 is 23.2. The van der Waals surface area contributed by atoms with Crippen LogP contribution in [0.25, 0.3) is 0 Å². The third-order valence-electron chi connectivity index (χ3n) is 4.86. The number of rotatable bonds is 3. The van der Waals surface area contributed by atoms with Crippen LogP contribution < -0.4 is 0 Å². The zero-order valence-corrected chi connectivity index (χ0v) is 13.0. The molecule has 0 spiro atoms. The number of hydrogen-bond acceptors (Lipinski definition) is 4. The normalized spacial score (nSPS) is 35.4. The van der Waals surface area contributed by atoms with Crippen LogP contribution >= 0.6 is 0 Å². The molecule has 6 heteroatoms. The van der Waals surface area contributed by atoms with Crippen molar-refractivity contribution >= 4 is 15.8 Å². The highest BCUT2D eigenvalue weighted by molar-refractivity contribution is 7.91. The lowest BCUT2D eigenvalue weighted by Gasteiger charge is -2.39. The Hall–Kier alpha value is -0.620. The van der Waals surface area contributed by atoms with E-state index >= 15 is 0 Å². The lowest BCUT2D eigenvalue weighted by atomic mass is 9.70.